The number of halogens is 3. The molecule has 0 aliphatic rings. The Morgan fingerprint density at radius 2 is 1.95 bits per heavy atom. The van der Waals surface area contributed by atoms with Crippen molar-refractivity contribution in [2.24, 2.45) is 0 Å². The summed E-state index contributed by atoms with van der Waals surface area (Å²) in [6.07, 6.45) is 0. The first kappa shape index (κ1) is 16.6. The number of benzene rings is 2. The zero-order chi connectivity index (χ0) is 16.3. The van der Waals surface area contributed by atoms with Gasteiger partial charge in [0.2, 0.25) is 0 Å². The molecular weight excluding hydrogens is 328 g/mol. The summed E-state index contributed by atoms with van der Waals surface area (Å²) in [4.78, 5) is 12.2. The molecule has 3 nitrogen and oxygen atoms in total. The molecule has 0 aliphatic heterocycles. The Bertz CT molecular complexity index is 707. The van der Waals surface area contributed by atoms with E-state index in [1.54, 1.807) is 25.1 Å². The first-order valence-corrected chi connectivity index (χ1v) is 7.27. The highest BCUT2D eigenvalue weighted by Crippen LogP contribution is 2.26. The Labute approximate surface area is 138 Å². The van der Waals surface area contributed by atoms with Crippen molar-refractivity contribution in [1.82, 2.24) is 5.32 Å². The molecule has 0 fully saturated rings. The molecule has 2 aromatic rings. The van der Waals surface area contributed by atoms with Crippen LogP contribution in [0.15, 0.2) is 36.4 Å². The summed E-state index contributed by atoms with van der Waals surface area (Å²) in [7, 11) is 1.36. The molecule has 2 aromatic carbocycles. The van der Waals surface area contributed by atoms with Crippen molar-refractivity contribution >= 4 is 29.1 Å². The third kappa shape index (κ3) is 3.70. The minimum Gasteiger partial charge on any atom is -0.494 e. The molecule has 1 atom stereocenters. The number of amides is 1. The van der Waals surface area contributed by atoms with Crippen LogP contribution in [0, 0.1) is 5.82 Å². The van der Waals surface area contributed by atoms with E-state index in [-0.39, 0.29) is 17.4 Å². The fourth-order valence-corrected chi connectivity index (χ4v) is 2.59. The zero-order valence-electron chi connectivity index (χ0n) is 12.0. The quantitative estimate of drug-likeness (QED) is 0.880. The minimum absolute atomic E-state index is 0.0883. The molecule has 2 rings (SSSR count). The summed E-state index contributed by atoms with van der Waals surface area (Å²) in [6.45, 7) is 1.78. The Morgan fingerprint density at radius 1 is 1.23 bits per heavy atom. The number of nitrogens with one attached hydrogen (secondary N) is 1. The molecule has 0 unspecified atom stereocenters. The molecule has 0 saturated heterocycles. The lowest BCUT2D eigenvalue weighted by Crippen LogP contribution is -2.26. The second kappa shape index (κ2) is 6.99. The van der Waals surface area contributed by atoms with Crippen LogP contribution >= 0.6 is 23.2 Å². The van der Waals surface area contributed by atoms with Crippen LogP contribution in [0.2, 0.25) is 10.0 Å². The van der Waals surface area contributed by atoms with Crippen molar-refractivity contribution in [3.8, 4) is 5.75 Å². The summed E-state index contributed by atoms with van der Waals surface area (Å²) < 4.78 is 18.5. The highest BCUT2D eigenvalue weighted by atomic mass is 35.5. The van der Waals surface area contributed by atoms with Crippen LogP contribution in [-0.4, -0.2) is 13.0 Å². The van der Waals surface area contributed by atoms with Crippen LogP contribution in [0.25, 0.3) is 0 Å². The maximum Gasteiger partial charge on any atom is 0.251 e. The van der Waals surface area contributed by atoms with E-state index >= 15 is 0 Å². The van der Waals surface area contributed by atoms with E-state index in [4.69, 9.17) is 27.9 Å². The van der Waals surface area contributed by atoms with Crippen molar-refractivity contribution in [2.75, 3.05) is 7.11 Å². The van der Waals surface area contributed by atoms with E-state index in [0.29, 0.717) is 10.0 Å². The summed E-state index contributed by atoms with van der Waals surface area (Å²) in [5, 5.41) is 3.74. The van der Waals surface area contributed by atoms with Crippen LogP contribution < -0.4 is 10.1 Å². The number of carbonyl (C=O) groups is 1. The zero-order valence-corrected chi connectivity index (χ0v) is 13.5. The number of hydrogen-bond donors (Lipinski definition) is 1. The fourth-order valence-electron chi connectivity index (χ4n) is 2.02. The SMILES string of the molecule is COc1ccc(C(=O)N[C@H](C)c2ccc(Cl)cc2Cl)cc1F. The maximum atomic E-state index is 13.6. The highest BCUT2D eigenvalue weighted by molar-refractivity contribution is 6.35. The molecule has 0 aliphatic carbocycles. The molecular formula is C16H14Cl2FNO2. The van der Waals surface area contributed by atoms with E-state index < -0.39 is 11.7 Å². The van der Waals surface area contributed by atoms with Gasteiger partial charge in [-0.25, -0.2) is 4.39 Å². The van der Waals surface area contributed by atoms with E-state index in [1.165, 1.54) is 19.2 Å². The van der Waals surface area contributed by atoms with E-state index in [2.05, 4.69) is 5.32 Å². The molecule has 1 amide bonds. The van der Waals surface area contributed by atoms with Crippen molar-refractivity contribution < 1.29 is 13.9 Å². The topological polar surface area (TPSA) is 38.3 Å². The van der Waals surface area contributed by atoms with E-state index in [9.17, 15) is 9.18 Å². The lowest BCUT2D eigenvalue weighted by Gasteiger charge is -2.16. The van der Waals surface area contributed by atoms with E-state index in [1.807, 2.05) is 0 Å². The average molecular weight is 342 g/mol. The molecule has 0 heterocycles. The Hall–Kier alpha value is -1.78. The molecule has 6 heteroatoms. The summed E-state index contributed by atoms with van der Waals surface area (Å²) in [5.41, 5.74) is 0.934. The highest BCUT2D eigenvalue weighted by Gasteiger charge is 2.15. The number of rotatable bonds is 4. The predicted molar refractivity (Wildman–Crippen MR) is 85.3 cm³/mol. The third-order valence-electron chi connectivity index (χ3n) is 3.19. The normalized spacial score (nSPS) is 11.9. The summed E-state index contributed by atoms with van der Waals surface area (Å²) in [5.74, 6) is -0.905. The first-order valence-electron chi connectivity index (χ1n) is 6.51. The van der Waals surface area contributed by atoms with Crippen molar-refractivity contribution in [3.63, 3.8) is 0 Å². The van der Waals surface area contributed by atoms with Gasteiger partial charge in [0, 0.05) is 15.6 Å². The number of ether oxygens (including phenoxy) is 1. The molecule has 22 heavy (non-hydrogen) atoms. The molecule has 0 radical (unpaired) electrons. The summed E-state index contributed by atoms with van der Waals surface area (Å²) in [6, 6.07) is 8.72. The van der Waals surface area contributed by atoms with Gasteiger partial charge < -0.3 is 10.1 Å². The molecule has 0 saturated carbocycles. The van der Waals surface area contributed by atoms with Gasteiger partial charge in [-0.3, -0.25) is 4.79 Å². The summed E-state index contributed by atoms with van der Waals surface area (Å²) >= 11 is 12.0. The Morgan fingerprint density at radius 3 is 2.55 bits per heavy atom. The van der Waals surface area contributed by atoms with Gasteiger partial charge in [-0.15, -0.1) is 0 Å². The number of hydrogen-bond acceptors (Lipinski definition) is 2. The maximum absolute atomic E-state index is 13.6. The predicted octanol–water partition coefficient (Wildman–Crippen LogP) is 4.63. The minimum atomic E-state index is -0.590. The van der Waals surface area contributed by atoms with Gasteiger partial charge in [-0.05, 0) is 42.8 Å². The molecule has 1 N–H and O–H groups in total. The van der Waals surface area contributed by atoms with Gasteiger partial charge in [0.15, 0.2) is 11.6 Å². The van der Waals surface area contributed by atoms with E-state index in [0.717, 1.165) is 11.6 Å². The average Bonchev–Trinajstić information content (AvgIpc) is 2.46. The van der Waals surface area contributed by atoms with Crippen LogP contribution in [0.4, 0.5) is 4.39 Å². The lowest BCUT2D eigenvalue weighted by molar-refractivity contribution is 0.0939. The molecule has 0 bridgehead atoms. The van der Waals surface area contributed by atoms with Crippen molar-refractivity contribution in [3.05, 3.63) is 63.4 Å². The van der Waals surface area contributed by atoms with Crippen molar-refractivity contribution in [2.45, 2.75) is 13.0 Å². The van der Waals surface area contributed by atoms with Crippen LogP contribution in [0.1, 0.15) is 28.9 Å². The molecule has 116 valence electrons. The second-order valence-electron chi connectivity index (χ2n) is 4.71. The monoisotopic (exact) mass is 341 g/mol. The number of methoxy groups -OCH3 is 1. The van der Waals surface area contributed by atoms with Crippen LogP contribution in [-0.2, 0) is 0 Å². The van der Waals surface area contributed by atoms with Gasteiger partial charge in [-0.2, -0.15) is 0 Å². The molecule has 0 aromatic heterocycles. The van der Waals surface area contributed by atoms with Gasteiger partial charge in [-0.1, -0.05) is 29.3 Å². The second-order valence-corrected chi connectivity index (χ2v) is 5.55. The largest absolute Gasteiger partial charge is 0.494 e. The number of carbonyl (C=O) groups excluding carboxylic acids is 1. The van der Waals surface area contributed by atoms with Gasteiger partial charge in [0.05, 0.1) is 13.2 Å². The Kier molecular flexibility index (Phi) is 5.27. The van der Waals surface area contributed by atoms with Crippen LogP contribution in [0.5, 0.6) is 5.75 Å². The Balaban J connectivity index is 2.15. The smallest absolute Gasteiger partial charge is 0.251 e. The fraction of sp³-hybridized carbons (Fsp3) is 0.188. The third-order valence-corrected chi connectivity index (χ3v) is 3.75. The lowest BCUT2D eigenvalue weighted by atomic mass is 10.1. The van der Waals surface area contributed by atoms with Gasteiger partial charge in [0.25, 0.3) is 5.91 Å². The van der Waals surface area contributed by atoms with Gasteiger partial charge in [0.1, 0.15) is 0 Å². The molecule has 0 spiro atoms. The van der Waals surface area contributed by atoms with Crippen molar-refractivity contribution in [1.29, 1.82) is 0 Å². The van der Waals surface area contributed by atoms with Crippen LogP contribution in [0.3, 0.4) is 0 Å². The standard InChI is InChI=1S/C16H14Cl2FNO2/c1-9(12-5-4-11(17)8-13(12)18)20-16(21)10-3-6-15(22-2)14(19)7-10/h3-9H,1-2H3,(H,20,21)/t9-/m1/s1. The van der Waals surface area contributed by atoms with Gasteiger partial charge >= 0.3 is 0 Å². The first-order chi connectivity index (χ1) is 10.4.